The first-order chi connectivity index (χ1) is 12.8. The van der Waals surface area contributed by atoms with Crippen molar-refractivity contribution in [2.45, 2.75) is 46.2 Å². The van der Waals surface area contributed by atoms with E-state index in [1.807, 2.05) is 61.5 Å². The van der Waals surface area contributed by atoms with Crippen molar-refractivity contribution >= 4 is 34.5 Å². The molecule has 3 rings (SSSR count). The molecule has 2 aromatic rings. The summed E-state index contributed by atoms with van der Waals surface area (Å²) in [5.74, 6) is 2.05. The molecule has 27 heavy (non-hydrogen) atoms. The predicted molar refractivity (Wildman–Crippen MR) is 110 cm³/mol. The van der Waals surface area contributed by atoms with Gasteiger partial charge < -0.3 is 11.1 Å². The van der Waals surface area contributed by atoms with Gasteiger partial charge in [0.15, 0.2) is 5.69 Å². The zero-order valence-corrected chi connectivity index (χ0v) is 17.0. The average Bonchev–Trinajstić information content (AvgIpc) is 2.98. The van der Waals surface area contributed by atoms with Crippen LogP contribution in [0.3, 0.4) is 0 Å². The number of hydrogen-bond acceptors (Lipinski definition) is 4. The highest BCUT2D eigenvalue weighted by Gasteiger charge is 2.32. The van der Waals surface area contributed by atoms with E-state index in [9.17, 15) is 9.59 Å². The Balaban J connectivity index is 1.89. The SMILES string of the molecule is CC(C)(C)C(NC(=O)c1nn(CC2CCSCC2)c2ccccc12)C(N)=O. The summed E-state index contributed by atoms with van der Waals surface area (Å²) < 4.78 is 1.95. The third-order valence-electron chi connectivity index (χ3n) is 5.07. The Morgan fingerprint density at radius 1 is 1.30 bits per heavy atom. The summed E-state index contributed by atoms with van der Waals surface area (Å²) in [6.45, 7) is 6.44. The van der Waals surface area contributed by atoms with Crippen LogP contribution in [0.1, 0.15) is 44.1 Å². The van der Waals surface area contributed by atoms with Gasteiger partial charge in [-0.1, -0.05) is 39.0 Å². The van der Waals surface area contributed by atoms with Crippen molar-refractivity contribution in [3.05, 3.63) is 30.0 Å². The Bertz CT molecular complexity index is 834. The fourth-order valence-electron chi connectivity index (χ4n) is 3.52. The molecular weight excluding hydrogens is 360 g/mol. The molecule has 7 heteroatoms. The van der Waals surface area contributed by atoms with Crippen molar-refractivity contribution in [2.24, 2.45) is 17.1 Å². The molecule has 6 nitrogen and oxygen atoms in total. The number of nitrogens with zero attached hydrogens (tertiary/aromatic N) is 2. The minimum Gasteiger partial charge on any atom is -0.368 e. The molecular formula is C20H28N4O2S. The van der Waals surface area contributed by atoms with Gasteiger partial charge in [-0.25, -0.2) is 0 Å². The normalized spacial score (nSPS) is 17.0. The van der Waals surface area contributed by atoms with E-state index in [0.29, 0.717) is 11.6 Å². The van der Waals surface area contributed by atoms with Crippen molar-refractivity contribution in [1.29, 1.82) is 0 Å². The Morgan fingerprint density at radius 3 is 2.59 bits per heavy atom. The van der Waals surface area contributed by atoms with Gasteiger partial charge in [0.2, 0.25) is 5.91 Å². The maximum Gasteiger partial charge on any atom is 0.273 e. The van der Waals surface area contributed by atoms with Crippen LogP contribution in [0.25, 0.3) is 10.9 Å². The topological polar surface area (TPSA) is 90.0 Å². The zero-order valence-electron chi connectivity index (χ0n) is 16.2. The van der Waals surface area contributed by atoms with Gasteiger partial charge in [0.1, 0.15) is 6.04 Å². The Morgan fingerprint density at radius 2 is 1.96 bits per heavy atom. The summed E-state index contributed by atoms with van der Waals surface area (Å²) in [5, 5.41) is 8.22. The van der Waals surface area contributed by atoms with Crippen molar-refractivity contribution in [1.82, 2.24) is 15.1 Å². The molecule has 2 heterocycles. The molecule has 0 bridgehead atoms. The van der Waals surface area contributed by atoms with Gasteiger partial charge in [-0.05, 0) is 41.7 Å². The summed E-state index contributed by atoms with van der Waals surface area (Å²) >= 11 is 2.00. The van der Waals surface area contributed by atoms with E-state index in [1.54, 1.807) is 0 Å². The number of primary amides is 1. The quantitative estimate of drug-likeness (QED) is 0.824. The summed E-state index contributed by atoms with van der Waals surface area (Å²) in [6.07, 6.45) is 2.35. The molecule has 0 aliphatic carbocycles. The molecule has 1 unspecified atom stereocenters. The predicted octanol–water partition coefficient (Wildman–Crippen LogP) is 2.81. The number of para-hydroxylation sites is 1. The zero-order chi connectivity index (χ0) is 19.6. The van der Waals surface area contributed by atoms with E-state index in [4.69, 9.17) is 5.73 Å². The summed E-state index contributed by atoms with van der Waals surface area (Å²) in [4.78, 5) is 24.8. The van der Waals surface area contributed by atoms with Gasteiger partial charge in [0.25, 0.3) is 5.91 Å². The highest BCUT2D eigenvalue weighted by molar-refractivity contribution is 7.99. The minimum atomic E-state index is -0.760. The smallest absolute Gasteiger partial charge is 0.273 e. The van der Waals surface area contributed by atoms with Crippen molar-refractivity contribution in [3.63, 3.8) is 0 Å². The molecule has 1 saturated heterocycles. The number of nitrogens with two attached hydrogens (primary N) is 1. The Hall–Kier alpha value is -2.02. The number of aromatic nitrogens is 2. The molecule has 1 aliphatic rings. The van der Waals surface area contributed by atoms with Crippen LogP contribution in [0.15, 0.2) is 24.3 Å². The van der Waals surface area contributed by atoms with Gasteiger partial charge in [-0.15, -0.1) is 0 Å². The third kappa shape index (κ3) is 4.46. The van der Waals surface area contributed by atoms with Crippen LogP contribution < -0.4 is 11.1 Å². The van der Waals surface area contributed by atoms with Crippen molar-refractivity contribution < 1.29 is 9.59 Å². The number of carbonyl (C=O) groups is 2. The van der Waals surface area contributed by atoms with Gasteiger partial charge in [0, 0.05) is 11.9 Å². The van der Waals surface area contributed by atoms with Crippen LogP contribution in [-0.4, -0.2) is 39.1 Å². The lowest BCUT2D eigenvalue weighted by atomic mass is 9.86. The first kappa shape index (κ1) is 19.7. The fourth-order valence-corrected chi connectivity index (χ4v) is 4.73. The van der Waals surface area contributed by atoms with Crippen molar-refractivity contribution in [2.75, 3.05) is 11.5 Å². The van der Waals surface area contributed by atoms with Gasteiger partial charge in [-0.3, -0.25) is 14.3 Å². The van der Waals surface area contributed by atoms with Gasteiger partial charge in [0.05, 0.1) is 5.52 Å². The summed E-state index contributed by atoms with van der Waals surface area (Å²) in [6, 6.07) is 6.99. The van der Waals surface area contributed by atoms with Crippen LogP contribution in [-0.2, 0) is 11.3 Å². The first-order valence-corrected chi connectivity index (χ1v) is 10.6. The molecule has 0 saturated carbocycles. The largest absolute Gasteiger partial charge is 0.368 e. The average molecular weight is 389 g/mol. The molecule has 2 amide bonds. The van der Waals surface area contributed by atoms with E-state index in [1.165, 1.54) is 24.3 Å². The van der Waals surface area contributed by atoms with E-state index in [0.717, 1.165) is 17.4 Å². The van der Waals surface area contributed by atoms with Crippen molar-refractivity contribution in [3.8, 4) is 0 Å². The number of hydrogen-bond donors (Lipinski definition) is 2. The maximum atomic E-state index is 12.9. The van der Waals surface area contributed by atoms with Crippen LogP contribution in [0.4, 0.5) is 0 Å². The monoisotopic (exact) mass is 388 g/mol. The van der Waals surface area contributed by atoms with Gasteiger partial charge >= 0.3 is 0 Å². The standard InChI is InChI=1S/C20H28N4O2S/c1-20(2,3)17(18(21)25)22-19(26)16-14-6-4-5-7-15(14)24(23-16)12-13-8-10-27-11-9-13/h4-7,13,17H,8-12H2,1-3H3,(H2,21,25)(H,22,26). The van der Waals surface area contributed by atoms with E-state index in [-0.39, 0.29) is 5.91 Å². The lowest BCUT2D eigenvalue weighted by Crippen LogP contribution is -2.52. The van der Waals surface area contributed by atoms with Crippen LogP contribution in [0, 0.1) is 11.3 Å². The number of fused-ring (bicyclic) bond motifs is 1. The number of benzene rings is 1. The summed E-state index contributed by atoms with van der Waals surface area (Å²) in [5.41, 5.74) is 6.34. The molecule has 0 radical (unpaired) electrons. The van der Waals surface area contributed by atoms with Gasteiger partial charge in [-0.2, -0.15) is 16.9 Å². The van der Waals surface area contributed by atoms with Crippen LogP contribution in [0.2, 0.25) is 0 Å². The van der Waals surface area contributed by atoms with Crippen LogP contribution in [0.5, 0.6) is 0 Å². The summed E-state index contributed by atoms with van der Waals surface area (Å²) in [7, 11) is 0. The highest BCUT2D eigenvalue weighted by Crippen LogP contribution is 2.27. The number of nitrogens with one attached hydrogen (secondary N) is 1. The second kappa shape index (κ2) is 7.92. The molecule has 3 N–H and O–H groups in total. The van der Waals surface area contributed by atoms with E-state index in [2.05, 4.69) is 10.4 Å². The molecule has 1 fully saturated rings. The molecule has 1 aliphatic heterocycles. The molecule has 1 atom stereocenters. The second-order valence-electron chi connectivity index (χ2n) is 8.28. The minimum absolute atomic E-state index is 0.353. The highest BCUT2D eigenvalue weighted by atomic mass is 32.2. The van der Waals surface area contributed by atoms with E-state index >= 15 is 0 Å². The van der Waals surface area contributed by atoms with Crippen LogP contribution >= 0.6 is 11.8 Å². The van der Waals surface area contributed by atoms with E-state index < -0.39 is 17.4 Å². The third-order valence-corrected chi connectivity index (χ3v) is 6.12. The number of rotatable bonds is 5. The lowest BCUT2D eigenvalue weighted by molar-refractivity contribution is -0.122. The second-order valence-corrected chi connectivity index (χ2v) is 9.50. The molecule has 1 aromatic heterocycles. The maximum absolute atomic E-state index is 12.9. The number of amides is 2. The molecule has 1 aromatic carbocycles. The number of thioether (sulfide) groups is 1. The molecule has 146 valence electrons. The Kier molecular flexibility index (Phi) is 5.79. The first-order valence-electron chi connectivity index (χ1n) is 9.41. The number of carbonyl (C=O) groups excluding carboxylic acids is 2. The lowest BCUT2D eigenvalue weighted by Gasteiger charge is -2.28. The molecule has 0 spiro atoms. The Labute approximate surface area is 164 Å². The fraction of sp³-hybridized carbons (Fsp3) is 0.550.